The van der Waals surface area contributed by atoms with Crippen LogP contribution in [0.5, 0.6) is 0 Å². The first kappa shape index (κ1) is 26.9. The van der Waals surface area contributed by atoms with E-state index in [-0.39, 0.29) is 24.0 Å². The molecule has 4 aliphatic carbocycles. The molecule has 0 spiro atoms. The van der Waals surface area contributed by atoms with Gasteiger partial charge in [-0.15, -0.1) is 0 Å². The van der Waals surface area contributed by atoms with Crippen molar-refractivity contribution in [3.8, 4) is 0 Å². The zero-order chi connectivity index (χ0) is 27.5. The van der Waals surface area contributed by atoms with Crippen LogP contribution in [-0.2, 0) is 17.8 Å². The second-order valence-electron chi connectivity index (χ2n) is 12.8. The highest BCUT2D eigenvalue weighted by molar-refractivity contribution is 5.85. The van der Waals surface area contributed by atoms with Crippen LogP contribution in [0, 0.1) is 17.8 Å². The molecule has 0 atom stereocenters. The third-order valence-corrected chi connectivity index (χ3v) is 9.70. The largest absolute Gasteiger partial charge is 0.361 e. The van der Waals surface area contributed by atoms with E-state index >= 15 is 0 Å². The first-order valence-corrected chi connectivity index (χ1v) is 15.4. The monoisotopic (exact) mass is 540 g/mol. The molecular formula is C34H44N4O2. The molecule has 0 saturated heterocycles. The van der Waals surface area contributed by atoms with Gasteiger partial charge in [0.25, 0.3) is 0 Å². The Balaban J connectivity index is 1.16. The number of para-hydroxylation sites is 1. The van der Waals surface area contributed by atoms with Gasteiger partial charge in [-0.25, -0.2) is 4.79 Å². The number of fused-ring (bicyclic) bond motifs is 1. The molecule has 1 heterocycles. The predicted octanol–water partition coefficient (Wildman–Crippen LogP) is 6.52. The Morgan fingerprint density at radius 2 is 1.57 bits per heavy atom. The van der Waals surface area contributed by atoms with Crippen LogP contribution in [-0.4, -0.2) is 51.9 Å². The lowest BCUT2D eigenvalue weighted by atomic mass is 9.53. The highest BCUT2D eigenvalue weighted by Crippen LogP contribution is 2.55. The van der Waals surface area contributed by atoms with Crippen LogP contribution in [0.4, 0.5) is 4.79 Å². The molecule has 4 saturated carbocycles. The summed E-state index contributed by atoms with van der Waals surface area (Å²) in [5.74, 6) is 2.31. The van der Waals surface area contributed by atoms with Crippen molar-refractivity contribution in [1.82, 2.24) is 20.1 Å². The fourth-order valence-electron chi connectivity index (χ4n) is 8.12. The lowest BCUT2D eigenvalue weighted by Gasteiger charge is -2.57. The van der Waals surface area contributed by atoms with E-state index < -0.39 is 0 Å². The third kappa shape index (κ3) is 5.91. The zero-order valence-corrected chi connectivity index (χ0v) is 23.9. The number of carbonyl (C=O) groups excluding carboxylic acids is 2. The summed E-state index contributed by atoms with van der Waals surface area (Å²) in [6.45, 7) is 4.02. The summed E-state index contributed by atoms with van der Waals surface area (Å²) in [7, 11) is 0. The normalized spacial score (nSPS) is 24.8. The van der Waals surface area contributed by atoms with Gasteiger partial charge in [0.15, 0.2) is 0 Å². The van der Waals surface area contributed by atoms with E-state index in [1.165, 1.54) is 30.2 Å². The van der Waals surface area contributed by atoms with E-state index in [2.05, 4.69) is 53.8 Å². The highest BCUT2D eigenvalue weighted by atomic mass is 16.2. The molecule has 6 heteroatoms. The number of urea groups is 1. The van der Waals surface area contributed by atoms with E-state index in [4.69, 9.17) is 0 Å². The van der Waals surface area contributed by atoms with Crippen LogP contribution in [0.2, 0.25) is 0 Å². The molecule has 2 N–H and O–H groups in total. The van der Waals surface area contributed by atoms with Crippen LogP contribution >= 0.6 is 0 Å². The van der Waals surface area contributed by atoms with Gasteiger partial charge in [-0.1, -0.05) is 61.9 Å². The maximum atomic E-state index is 13.9. The molecular weight excluding hydrogens is 496 g/mol. The van der Waals surface area contributed by atoms with Crippen molar-refractivity contribution in [3.63, 3.8) is 0 Å². The second-order valence-corrected chi connectivity index (χ2v) is 12.8. The van der Waals surface area contributed by atoms with Crippen molar-refractivity contribution < 1.29 is 9.59 Å². The number of nitrogens with one attached hydrogen (secondary N) is 2. The molecule has 0 aliphatic heterocycles. The molecule has 212 valence electrons. The molecule has 4 bridgehead atoms. The van der Waals surface area contributed by atoms with E-state index in [0.29, 0.717) is 19.6 Å². The number of carbonyl (C=O) groups is 2. The first-order chi connectivity index (χ1) is 19.5. The smallest absolute Gasteiger partial charge is 0.318 e. The number of aromatic nitrogens is 1. The Hall–Kier alpha value is -3.28. The summed E-state index contributed by atoms with van der Waals surface area (Å²) >= 11 is 0. The Morgan fingerprint density at radius 3 is 2.27 bits per heavy atom. The SMILES string of the molecule is CCCCN(CC(=O)N(CCc1c[nH]c2ccccc12)Cc1ccccc1)C(=O)NC12CC3CC(CC(C3)C1)C2. The highest BCUT2D eigenvalue weighted by Gasteiger charge is 2.51. The number of benzene rings is 2. The summed E-state index contributed by atoms with van der Waals surface area (Å²) < 4.78 is 0. The Labute approximate surface area is 238 Å². The van der Waals surface area contributed by atoms with Gasteiger partial charge in [0.1, 0.15) is 6.54 Å². The second kappa shape index (κ2) is 11.7. The molecule has 3 aromatic rings. The predicted molar refractivity (Wildman–Crippen MR) is 160 cm³/mol. The Morgan fingerprint density at radius 1 is 0.900 bits per heavy atom. The van der Waals surface area contributed by atoms with Crippen LogP contribution in [0.3, 0.4) is 0 Å². The van der Waals surface area contributed by atoms with Crippen molar-refractivity contribution in [3.05, 3.63) is 71.9 Å². The minimum absolute atomic E-state index is 0.0143. The molecule has 7 rings (SSSR count). The van der Waals surface area contributed by atoms with Crippen molar-refractivity contribution >= 4 is 22.8 Å². The molecule has 4 fully saturated rings. The first-order valence-electron chi connectivity index (χ1n) is 15.4. The van der Waals surface area contributed by atoms with Crippen molar-refractivity contribution in [2.75, 3.05) is 19.6 Å². The number of unbranched alkanes of at least 4 members (excludes halogenated alkanes) is 1. The van der Waals surface area contributed by atoms with Crippen LogP contribution in [0.1, 0.15) is 69.4 Å². The minimum atomic E-state index is -0.0571. The van der Waals surface area contributed by atoms with Crippen molar-refractivity contribution in [2.24, 2.45) is 17.8 Å². The molecule has 4 aliphatic rings. The zero-order valence-electron chi connectivity index (χ0n) is 23.9. The number of H-pyrrole nitrogens is 1. The van der Waals surface area contributed by atoms with Gasteiger partial charge in [0.2, 0.25) is 5.91 Å². The Kier molecular flexibility index (Phi) is 7.86. The molecule has 0 unspecified atom stereocenters. The number of hydrogen-bond acceptors (Lipinski definition) is 2. The molecule has 1 aromatic heterocycles. The number of rotatable bonds is 11. The lowest BCUT2D eigenvalue weighted by Crippen LogP contribution is -2.62. The summed E-state index contributed by atoms with van der Waals surface area (Å²) in [6, 6.07) is 18.4. The van der Waals surface area contributed by atoms with Crippen LogP contribution in [0.15, 0.2) is 60.8 Å². The number of nitrogens with zero attached hydrogens (tertiary/aromatic N) is 2. The lowest BCUT2D eigenvalue weighted by molar-refractivity contribution is -0.132. The van der Waals surface area contributed by atoms with Gasteiger partial charge in [-0.2, -0.15) is 0 Å². The summed E-state index contributed by atoms with van der Waals surface area (Å²) in [6.07, 6.45) is 12.1. The van der Waals surface area contributed by atoms with Gasteiger partial charge in [-0.05, 0) is 86.3 Å². The van der Waals surface area contributed by atoms with E-state index in [0.717, 1.165) is 67.4 Å². The number of amides is 3. The average molecular weight is 541 g/mol. The average Bonchev–Trinajstić information content (AvgIpc) is 3.35. The van der Waals surface area contributed by atoms with Gasteiger partial charge < -0.3 is 20.1 Å². The third-order valence-electron chi connectivity index (χ3n) is 9.70. The Bertz CT molecular complexity index is 1280. The molecule has 3 amide bonds. The van der Waals surface area contributed by atoms with Gasteiger partial charge in [0.05, 0.1) is 0 Å². The van der Waals surface area contributed by atoms with E-state index in [9.17, 15) is 9.59 Å². The quantitative estimate of drug-likeness (QED) is 0.291. The fourth-order valence-corrected chi connectivity index (χ4v) is 8.12. The molecule has 40 heavy (non-hydrogen) atoms. The maximum Gasteiger partial charge on any atom is 0.318 e. The number of aromatic amines is 1. The number of hydrogen-bond donors (Lipinski definition) is 2. The van der Waals surface area contributed by atoms with Gasteiger partial charge >= 0.3 is 6.03 Å². The summed E-state index contributed by atoms with van der Waals surface area (Å²) in [4.78, 5) is 34.8. The standard InChI is InChI=1S/C34H44N4O2/c1-2-3-14-38(33(40)36-34-19-26-16-27(20-34)18-28(17-26)21-34)24-32(39)37(23-25-9-5-4-6-10-25)15-13-29-22-35-31-12-8-7-11-30(29)31/h4-12,22,26-28,35H,2-3,13-21,23-24H2,1H3,(H,36,40). The van der Waals surface area contributed by atoms with Crippen molar-refractivity contribution in [2.45, 2.75) is 76.8 Å². The summed E-state index contributed by atoms with van der Waals surface area (Å²) in [5, 5.41) is 4.72. The van der Waals surface area contributed by atoms with Gasteiger partial charge in [-0.3, -0.25) is 4.79 Å². The van der Waals surface area contributed by atoms with E-state index in [1.807, 2.05) is 29.2 Å². The van der Waals surface area contributed by atoms with E-state index in [1.54, 1.807) is 4.90 Å². The molecule has 0 radical (unpaired) electrons. The van der Waals surface area contributed by atoms with Crippen molar-refractivity contribution in [1.29, 1.82) is 0 Å². The van der Waals surface area contributed by atoms with Crippen LogP contribution in [0.25, 0.3) is 10.9 Å². The topological polar surface area (TPSA) is 68.4 Å². The molecule has 2 aromatic carbocycles. The van der Waals surface area contributed by atoms with Crippen LogP contribution < -0.4 is 5.32 Å². The summed E-state index contributed by atoms with van der Waals surface area (Å²) in [5.41, 5.74) is 3.38. The molecule has 6 nitrogen and oxygen atoms in total. The fraction of sp³-hybridized carbons (Fsp3) is 0.529. The minimum Gasteiger partial charge on any atom is -0.361 e. The van der Waals surface area contributed by atoms with Gasteiger partial charge in [0, 0.05) is 42.3 Å². The maximum absolute atomic E-state index is 13.9.